The first-order valence-corrected chi connectivity index (χ1v) is 7.24. The van der Waals surface area contributed by atoms with E-state index in [2.05, 4.69) is 32.5 Å². The molecule has 0 saturated heterocycles. The van der Waals surface area contributed by atoms with Crippen LogP contribution < -0.4 is 15.5 Å². The smallest absolute Gasteiger partial charge is 0.133 e. The Morgan fingerprint density at radius 2 is 2.05 bits per heavy atom. The number of hydrogen-bond donors (Lipinski definition) is 2. The Morgan fingerprint density at radius 3 is 2.79 bits per heavy atom. The maximum absolute atomic E-state index is 4.33. The van der Waals surface area contributed by atoms with Gasteiger partial charge in [0.15, 0.2) is 0 Å². The summed E-state index contributed by atoms with van der Waals surface area (Å²) in [6, 6.07) is 2.63. The van der Waals surface area contributed by atoms with E-state index in [0.717, 1.165) is 24.7 Å². The van der Waals surface area contributed by atoms with Crippen LogP contribution in [-0.2, 0) is 0 Å². The Morgan fingerprint density at radius 1 is 1.26 bits per heavy atom. The van der Waals surface area contributed by atoms with Gasteiger partial charge in [0.1, 0.15) is 18.0 Å². The molecule has 1 aliphatic rings. The zero-order valence-electron chi connectivity index (χ0n) is 12.0. The Hall–Kier alpha value is -1.36. The molecular formula is C14H25N5. The van der Waals surface area contributed by atoms with Crippen molar-refractivity contribution in [1.82, 2.24) is 15.3 Å². The number of rotatable bonds is 6. The quantitative estimate of drug-likeness (QED) is 0.820. The minimum Gasteiger partial charge on any atom is -0.367 e. The molecule has 19 heavy (non-hydrogen) atoms. The van der Waals surface area contributed by atoms with E-state index in [1.807, 2.05) is 13.1 Å². The van der Waals surface area contributed by atoms with Crippen molar-refractivity contribution in [3.63, 3.8) is 0 Å². The third-order valence-corrected chi connectivity index (χ3v) is 3.70. The summed E-state index contributed by atoms with van der Waals surface area (Å²) >= 11 is 0. The molecule has 0 aliphatic heterocycles. The van der Waals surface area contributed by atoms with Gasteiger partial charge in [0.25, 0.3) is 0 Å². The van der Waals surface area contributed by atoms with Gasteiger partial charge in [0, 0.05) is 32.2 Å². The molecule has 0 spiro atoms. The van der Waals surface area contributed by atoms with Crippen molar-refractivity contribution in [2.45, 2.75) is 38.1 Å². The van der Waals surface area contributed by atoms with Gasteiger partial charge in [-0.25, -0.2) is 9.97 Å². The number of nitrogens with zero attached hydrogens (tertiary/aromatic N) is 3. The lowest BCUT2D eigenvalue weighted by atomic mass is 9.95. The van der Waals surface area contributed by atoms with Gasteiger partial charge in [-0.05, 0) is 19.9 Å². The van der Waals surface area contributed by atoms with Gasteiger partial charge < -0.3 is 15.5 Å². The van der Waals surface area contributed by atoms with Crippen LogP contribution >= 0.6 is 0 Å². The number of hydrogen-bond acceptors (Lipinski definition) is 5. The summed E-state index contributed by atoms with van der Waals surface area (Å²) < 4.78 is 0. The third-order valence-electron chi connectivity index (χ3n) is 3.70. The van der Waals surface area contributed by atoms with Crippen LogP contribution in [0.25, 0.3) is 0 Å². The van der Waals surface area contributed by atoms with Crippen molar-refractivity contribution in [1.29, 1.82) is 0 Å². The van der Waals surface area contributed by atoms with Crippen molar-refractivity contribution in [3.05, 3.63) is 12.4 Å². The van der Waals surface area contributed by atoms with Gasteiger partial charge in [0.2, 0.25) is 0 Å². The molecule has 1 fully saturated rings. The molecule has 1 heterocycles. The topological polar surface area (TPSA) is 53.1 Å². The molecular weight excluding hydrogens is 238 g/mol. The molecule has 2 rings (SSSR count). The third kappa shape index (κ3) is 4.35. The minimum absolute atomic E-state index is 0.583. The molecule has 1 saturated carbocycles. The fourth-order valence-electron chi connectivity index (χ4n) is 2.48. The van der Waals surface area contributed by atoms with Crippen molar-refractivity contribution in [2.24, 2.45) is 0 Å². The second-order valence-corrected chi connectivity index (χ2v) is 5.27. The average Bonchev–Trinajstić information content (AvgIpc) is 2.46. The summed E-state index contributed by atoms with van der Waals surface area (Å²) in [5, 5.41) is 6.69. The van der Waals surface area contributed by atoms with E-state index in [4.69, 9.17) is 0 Å². The lowest BCUT2D eigenvalue weighted by Crippen LogP contribution is -2.28. The highest BCUT2D eigenvalue weighted by atomic mass is 15.2. The molecule has 0 amide bonds. The summed E-state index contributed by atoms with van der Waals surface area (Å²) in [6.07, 6.45) is 8.20. The standard InChI is InChI=1S/C14H25N5/c1-15-8-9-19(2)14-10-13(16-11-17-14)18-12-6-4-3-5-7-12/h10-12,15H,3-9H2,1-2H3,(H,16,17,18). The molecule has 1 aromatic rings. The highest BCUT2D eigenvalue weighted by molar-refractivity contribution is 5.48. The van der Waals surface area contributed by atoms with Gasteiger partial charge in [0.05, 0.1) is 0 Å². The van der Waals surface area contributed by atoms with Gasteiger partial charge >= 0.3 is 0 Å². The molecule has 106 valence electrons. The summed E-state index contributed by atoms with van der Waals surface area (Å²) in [5.41, 5.74) is 0. The Labute approximate surface area is 115 Å². The van der Waals surface area contributed by atoms with Crippen LogP contribution in [-0.4, -0.2) is 43.2 Å². The fraction of sp³-hybridized carbons (Fsp3) is 0.714. The van der Waals surface area contributed by atoms with E-state index in [-0.39, 0.29) is 0 Å². The van der Waals surface area contributed by atoms with E-state index in [1.165, 1.54) is 32.1 Å². The van der Waals surface area contributed by atoms with Crippen LogP contribution in [0.2, 0.25) is 0 Å². The Bertz CT molecular complexity index is 376. The van der Waals surface area contributed by atoms with Crippen LogP contribution in [0.1, 0.15) is 32.1 Å². The van der Waals surface area contributed by atoms with Crippen LogP contribution in [0.3, 0.4) is 0 Å². The predicted octanol–water partition coefficient (Wildman–Crippen LogP) is 1.88. The highest BCUT2D eigenvalue weighted by Crippen LogP contribution is 2.21. The van der Waals surface area contributed by atoms with Crippen molar-refractivity contribution in [3.8, 4) is 0 Å². The molecule has 5 nitrogen and oxygen atoms in total. The summed E-state index contributed by atoms with van der Waals surface area (Å²) in [7, 11) is 4.02. The van der Waals surface area contributed by atoms with Crippen LogP contribution in [0.5, 0.6) is 0 Å². The summed E-state index contributed by atoms with van der Waals surface area (Å²) in [4.78, 5) is 10.8. The summed E-state index contributed by atoms with van der Waals surface area (Å²) in [6.45, 7) is 1.89. The van der Waals surface area contributed by atoms with Gasteiger partial charge in [-0.15, -0.1) is 0 Å². The predicted molar refractivity (Wildman–Crippen MR) is 79.7 cm³/mol. The van der Waals surface area contributed by atoms with Gasteiger partial charge in [-0.2, -0.15) is 0 Å². The molecule has 0 aromatic carbocycles. The highest BCUT2D eigenvalue weighted by Gasteiger charge is 2.14. The molecule has 1 aliphatic carbocycles. The van der Waals surface area contributed by atoms with Crippen LogP contribution in [0.4, 0.5) is 11.6 Å². The van der Waals surface area contributed by atoms with E-state index >= 15 is 0 Å². The average molecular weight is 263 g/mol. The molecule has 1 aromatic heterocycles. The van der Waals surface area contributed by atoms with E-state index in [1.54, 1.807) is 6.33 Å². The van der Waals surface area contributed by atoms with Crippen LogP contribution in [0.15, 0.2) is 12.4 Å². The first kappa shape index (κ1) is 14.1. The van der Waals surface area contributed by atoms with Crippen LogP contribution in [0, 0.1) is 0 Å². The number of anilines is 2. The lowest BCUT2D eigenvalue weighted by Gasteiger charge is -2.24. The zero-order chi connectivity index (χ0) is 13.5. The number of nitrogens with one attached hydrogen (secondary N) is 2. The lowest BCUT2D eigenvalue weighted by molar-refractivity contribution is 0.462. The number of aromatic nitrogens is 2. The first-order valence-electron chi connectivity index (χ1n) is 7.24. The SMILES string of the molecule is CNCCN(C)c1cc(NC2CCCCC2)ncn1. The first-order chi connectivity index (χ1) is 9.29. The van der Waals surface area contributed by atoms with Gasteiger partial charge in [-0.1, -0.05) is 19.3 Å². The maximum atomic E-state index is 4.33. The van der Waals surface area contributed by atoms with Crippen molar-refractivity contribution in [2.75, 3.05) is 37.4 Å². The molecule has 0 bridgehead atoms. The summed E-state index contributed by atoms with van der Waals surface area (Å²) in [5.74, 6) is 1.93. The largest absolute Gasteiger partial charge is 0.367 e. The van der Waals surface area contributed by atoms with E-state index in [0.29, 0.717) is 6.04 Å². The molecule has 0 atom stereocenters. The van der Waals surface area contributed by atoms with E-state index in [9.17, 15) is 0 Å². The van der Waals surface area contributed by atoms with E-state index < -0.39 is 0 Å². The monoisotopic (exact) mass is 263 g/mol. The second-order valence-electron chi connectivity index (χ2n) is 5.27. The van der Waals surface area contributed by atoms with Crippen molar-refractivity contribution < 1.29 is 0 Å². The number of likely N-dealkylation sites (N-methyl/N-ethyl adjacent to an activating group) is 2. The fourth-order valence-corrected chi connectivity index (χ4v) is 2.48. The normalized spacial score (nSPS) is 16.3. The maximum Gasteiger partial charge on any atom is 0.133 e. The van der Waals surface area contributed by atoms with Crippen molar-refractivity contribution >= 4 is 11.6 Å². The second kappa shape index (κ2) is 7.28. The Balaban J connectivity index is 1.93. The minimum atomic E-state index is 0.583. The molecule has 5 heteroatoms. The Kier molecular flexibility index (Phi) is 5.39. The van der Waals surface area contributed by atoms with Gasteiger partial charge in [-0.3, -0.25) is 0 Å². The zero-order valence-corrected chi connectivity index (χ0v) is 12.0. The molecule has 0 unspecified atom stereocenters. The molecule has 2 N–H and O–H groups in total. The molecule has 0 radical (unpaired) electrons.